The molecule has 0 atom stereocenters. The number of carbonyl (C=O) groups excluding carboxylic acids is 1. The lowest BCUT2D eigenvalue weighted by Gasteiger charge is -2.02. The molecule has 0 fully saturated rings. The molecular formula is C13H14N6O. The van der Waals surface area contributed by atoms with E-state index < -0.39 is 0 Å². The largest absolute Gasteiger partial charge is 0.351 e. The third-order valence-electron chi connectivity index (χ3n) is 3.03. The molecule has 3 rings (SSSR count). The fraction of sp³-hybridized carbons (Fsp3) is 0.231. The Kier molecular flexibility index (Phi) is 3.40. The summed E-state index contributed by atoms with van der Waals surface area (Å²) in [6.45, 7) is 0.570. The van der Waals surface area contributed by atoms with Gasteiger partial charge in [-0.1, -0.05) is 18.2 Å². The summed E-state index contributed by atoms with van der Waals surface area (Å²) in [6.07, 6.45) is 3.02. The van der Waals surface area contributed by atoms with Gasteiger partial charge in [-0.2, -0.15) is 10.2 Å². The Morgan fingerprint density at radius 1 is 1.25 bits per heavy atom. The van der Waals surface area contributed by atoms with E-state index in [1.807, 2.05) is 24.3 Å². The molecule has 20 heavy (non-hydrogen) atoms. The zero-order valence-corrected chi connectivity index (χ0v) is 10.8. The number of nitrogens with one attached hydrogen (secondary N) is 3. The van der Waals surface area contributed by atoms with Crippen LogP contribution in [-0.2, 0) is 6.42 Å². The summed E-state index contributed by atoms with van der Waals surface area (Å²) in [7, 11) is 0. The molecule has 0 aliphatic heterocycles. The molecule has 0 saturated heterocycles. The highest BCUT2D eigenvalue weighted by molar-refractivity contribution is 6.04. The molecule has 2 aromatic heterocycles. The van der Waals surface area contributed by atoms with Gasteiger partial charge in [-0.05, 0) is 12.5 Å². The van der Waals surface area contributed by atoms with E-state index in [0.717, 1.165) is 29.6 Å². The maximum Gasteiger partial charge on any atom is 0.272 e. The smallest absolute Gasteiger partial charge is 0.272 e. The number of H-pyrrole nitrogens is 2. The quantitative estimate of drug-likeness (QED) is 0.603. The molecule has 102 valence electrons. The molecule has 1 amide bonds. The summed E-state index contributed by atoms with van der Waals surface area (Å²) < 4.78 is 0. The molecule has 0 saturated carbocycles. The van der Waals surface area contributed by atoms with Crippen LogP contribution in [0.25, 0.3) is 10.9 Å². The van der Waals surface area contributed by atoms with Crippen LogP contribution in [0.2, 0.25) is 0 Å². The topological polar surface area (TPSA) is 99.3 Å². The van der Waals surface area contributed by atoms with Gasteiger partial charge in [-0.15, -0.1) is 0 Å². The average molecular weight is 270 g/mol. The number of aromatic nitrogens is 5. The van der Waals surface area contributed by atoms with E-state index in [2.05, 4.69) is 30.7 Å². The summed E-state index contributed by atoms with van der Waals surface area (Å²) in [5.74, 6) is 0.657. The van der Waals surface area contributed by atoms with Crippen molar-refractivity contribution in [1.82, 2.24) is 30.7 Å². The number of amides is 1. The van der Waals surface area contributed by atoms with Gasteiger partial charge in [0.25, 0.3) is 5.91 Å². The molecule has 0 aliphatic rings. The zero-order chi connectivity index (χ0) is 13.8. The Hall–Kier alpha value is -2.70. The number of benzene rings is 1. The van der Waals surface area contributed by atoms with Crippen molar-refractivity contribution in [2.75, 3.05) is 6.54 Å². The van der Waals surface area contributed by atoms with Crippen molar-refractivity contribution in [1.29, 1.82) is 0 Å². The number of para-hydroxylation sites is 1. The predicted octanol–water partition coefficient (Wildman–Crippen LogP) is 1.04. The van der Waals surface area contributed by atoms with E-state index in [9.17, 15) is 4.79 Å². The summed E-state index contributed by atoms with van der Waals surface area (Å²) in [6, 6.07) is 7.56. The standard InChI is InChI=1S/C13H14N6O/c20-13(14-7-3-6-11-15-8-16-18-11)12-9-4-1-2-5-10(9)17-19-12/h1-2,4-5,8H,3,6-7H2,(H,14,20)(H,17,19)(H,15,16,18). The van der Waals surface area contributed by atoms with E-state index >= 15 is 0 Å². The molecule has 7 nitrogen and oxygen atoms in total. The lowest BCUT2D eigenvalue weighted by atomic mass is 10.2. The van der Waals surface area contributed by atoms with E-state index in [-0.39, 0.29) is 5.91 Å². The number of aromatic amines is 2. The van der Waals surface area contributed by atoms with Gasteiger partial charge in [0.2, 0.25) is 0 Å². The van der Waals surface area contributed by atoms with Crippen LogP contribution in [0.1, 0.15) is 22.7 Å². The molecule has 0 radical (unpaired) electrons. The van der Waals surface area contributed by atoms with Gasteiger partial charge in [0, 0.05) is 18.4 Å². The minimum atomic E-state index is -0.167. The first-order valence-electron chi connectivity index (χ1n) is 6.40. The molecule has 3 aromatic rings. The molecule has 7 heteroatoms. The number of fused-ring (bicyclic) bond motifs is 1. The molecule has 0 spiro atoms. The van der Waals surface area contributed by atoms with Gasteiger partial charge in [0.05, 0.1) is 5.52 Å². The van der Waals surface area contributed by atoms with Crippen LogP contribution in [0.3, 0.4) is 0 Å². The van der Waals surface area contributed by atoms with Crippen molar-refractivity contribution >= 4 is 16.8 Å². The number of hydrogen-bond acceptors (Lipinski definition) is 4. The first kappa shape index (κ1) is 12.3. The van der Waals surface area contributed by atoms with Crippen LogP contribution in [0, 0.1) is 0 Å². The van der Waals surface area contributed by atoms with Gasteiger partial charge < -0.3 is 5.32 Å². The van der Waals surface area contributed by atoms with Crippen LogP contribution in [-0.4, -0.2) is 37.8 Å². The van der Waals surface area contributed by atoms with Crippen LogP contribution in [0.5, 0.6) is 0 Å². The van der Waals surface area contributed by atoms with Crippen LogP contribution in [0.4, 0.5) is 0 Å². The average Bonchev–Trinajstić information content (AvgIpc) is 3.12. The maximum atomic E-state index is 12.1. The van der Waals surface area contributed by atoms with Crippen molar-refractivity contribution < 1.29 is 4.79 Å². The molecular weight excluding hydrogens is 256 g/mol. The van der Waals surface area contributed by atoms with E-state index in [1.54, 1.807) is 0 Å². The van der Waals surface area contributed by atoms with Crippen molar-refractivity contribution in [3.8, 4) is 0 Å². The van der Waals surface area contributed by atoms with Gasteiger partial charge in [-0.3, -0.25) is 15.0 Å². The van der Waals surface area contributed by atoms with Gasteiger partial charge in [0.15, 0.2) is 5.69 Å². The van der Waals surface area contributed by atoms with Crippen LogP contribution in [0.15, 0.2) is 30.6 Å². The van der Waals surface area contributed by atoms with Gasteiger partial charge >= 0.3 is 0 Å². The van der Waals surface area contributed by atoms with E-state index in [1.165, 1.54) is 6.33 Å². The number of nitrogens with zero attached hydrogens (tertiary/aromatic N) is 3. The second-order valence-electron chi connectivity index (χ2n) is 4.41. The van der Waals surface area contributed by atoms with E-state index in [4.69, 9.17) is 0 Å². The zero-order valence-electron chi connectivity index (χ0n) is 10.8. The lowest BCUT2D eigenvalue weighted by molar-refractivity contribution is 0.0949. The Morgan fingerprint density at radius 2 is 2.15 bits per heavy atom. The van der Waals surface area contributed by atoms with Crippen molar-refractivity contribution in [3.63, 3.8) is 0 Å². The molecule has 0 bridgehead atoms. The number of aryl methyl sites for hydroxylation is 1. The summed E-state index contributed by atoms with van der Waals surface area (Å²) >= 11 is 0. The second-order valence-corrected chi connectivity index (χ2v) is 4.41. The SMILES string of the molecule is O=C(NCCCc1ncn[nH]1)c1n[nH]c2ccccc12. The molecule has 2 heterocycles. The fourth-order valence-corrected chi connectivity index (χ4v) is 2.03. The lowest BCUT2D eigenvalue weighted by Crippen LogP contribution is -2.25. The molecule has 3 N–H and O–H groups in total. The van der Waals surface area contributed by atoms with Crippen molar-refractivity contribution in [2.24, 2.45) is 0 Å². The van der Waals surface area contributed by atoms with E-state index in [0.29, 0.717) is 12.2 Å². The van der Waals surface area contributed by atoms with Crippen molar-refractivity contribution in [2.45, 2.75) is 12.8 Å². The summed E-state index contributed by atoms with van der Waals surface area (Å²) in [4.78, 5) is 16.1. The Morgan fingerprint density at radius 3 is 3.00 bits per heavy atom. The molecule has 1 aromatic carbocycles. The highest BCUT2D eigenvalue weighted by atomic mass is 16.1. The highest BCUT2D eigenvalue weighted by Gasteiger charge is 2.12. The van der Waals surface area contributed by atoms with Gasteiger partial charge in [-0.25, -0.2) is 4.98 Å². The van der Waals surface area contributed by atoms with Crippen molar-refractivity contribution in [3.05, 3.63) is 42.1 Å². The Bertz CT molecular complexity index is 703. The minimum Gasteiger partial charge on any atom is -0.351 e. The number of rotatable bonds is 5. The summed E-state index contributed by atoms with van der Waals surface area (Å²) in [5, 5.41) is 17.2. The second kappa shape index (κ2) is 5.52. The van der Waals surface area contributed by atoms with Gasteiger partial charge in [0.1, 0.15) is 12.2 Å². The molecule has 0 aliphatic carbocycles. The third-order valence-corrected chi connectivity index (χ3v) is 3.03. The fourth-order valence-electron chi connectivity index (χ4n) is 2.03. The monoisotopic (exact) mass is 270 g/mol. The normalized spacial score (nSPS) is 10.8. The predicted molar refractivity (Wildman–Crippen MR) is 73.1 cm³/mol. The first-order chi connectivity index (χ1) is 9.84. The first-order valence-corrected chi connectivity index (χ1v) is 6.40. The minimum absolute atomic E-state index is 0.167. The highest BCUT2D eigenvalue weighted by Crippen LogP contribution is 2.14. The Balaban J connectivity index is 1.56. The number of carbonyl (C=O) groups is 1. The maximum absolute atomic E-state index is 12.1. The number of hydrogen-bond donors (Lipinski definition) is 3. The molecule has 0 unspecified atom stereocenters. The van der Waals surface area contributed by atoms with Crippen LogP contribution < -0.4 is 5.32 Å². The Labute approximate surface area is 114 Å². The van der Waals surface area contributed by atoms with Crippen LogP contribution >= 0.6 is 0 Å². The third kappa shape index (κ3) is 2.51. The summed E-state index contributed by atoms with van der Waals surface area (Å²) in [5.41, 5.74) is 1.29.